The molecule has 1 amide bonds. The van der Waals surface area contributed by atoms with Crippen LogP contribution in [-0.4, -0.2) is 35.1 Å². The third-order valence-electron chi connectivity index (χ3n) is 2.76. The minimum atomic E-state index is -0.0146. The number of aryl methyl sites for hydroxylation is 2. The monoisotopic (exact) mass is 209 g/mol. The third-order valence-corrected chi connectivity index (χ3v) is 2.76. The first-order valence-corrected chi connectivity index (χ1v) is 5.07. The Kier molecular flexibility index (Phi) is 2.48. The van der Waals surface area contributed by atoms with E-state index in [0.717, 1.165) is 13.0 Å². The van der Waals surface area contributed by atoms with Crippen molar-refractivity contribution in [3.8, 4) is 0 Å². The SMILES string of the molecule is Cc1noc(C)c1C(=O)N1CC[C@H](N)C1. The van der Waals surface area contributed by atoms with Crippen LogP contribution in [0.3, 0.4) is 0 Å². The number of rotatable bonds is 1. The second-order valence-electron chi connectivity index (χ2n) is 4.00. The van der Waals surface area contributed by atoms with Gasteiger partial charge >= 0.3 is 0 Å². The van der Waals surface area contributed by atoms with Gasteiger partial charge in [0.2, 0.25) is 0 Å². The maximum Gasteiger partial charge on any atom is 0.259 e. The van der Waals surface area contributed by atoms with Gasteiger partial charge in [-0.15, -0.1) is 0 Å². The predicted octanol–water partition coefficient (Wildman–Crippen LogP) is 0.465. The van der Waals surface area contributed by atoms with Crippen molar-refractivity contribution in [1.29, 1.82) is 0 Å². The normalized spacial score (nSPS) is 21.0. The first kappa shape index (κ1) is 10.2. The fourth-order valence-electron chi connectivity index (χ4n) is 1.92. The number of amides is 1. The van der Waals surface area contributed by atoms with Crippen LogP contribution in [0.15, 0.2) is 4.52 Å². The standard InChI is InChI=1S/C10H15N3O2/c1-6-9(7(2)15-12-6)10(14)13-4-3-8(11)5-13/h8H,3-5,11H2,1-2H3/t8-/m0/s1. The summed E-state index contributed by atoms with van der Waals surface area (Å²) in [5, 5.41) is 3.77. The highest BCUT2D eigenvalue weighted by atomic mass is 16.5. The van der Waals surface area contributed by atoms with E-state index in [1.165, 1.54) is 0 Å². The van der Waals surface area contributed by atoms with Gasteiger partial charge in [-0.05, 0) is 20.3 Å². The summed E-state index contributed by atoms with van der Waals surface area (Å²) < 4.78 is 4.97. The molecule has 2 rings (SSSR count). The Balaban J connectivity index is 2.21. The van der Waals surface area contributed by atoms with Gasteiger partial charge in [-0.2, -0.15) is 0 Å². The Morgan fingerprint density at radius 1 is 1.60 bits per heavy atom. The minimum absolute atomic E-state index is 0.0146. The molecular formula is C10H15N3O2. The second kappa shape index (κ2) is 3.66. The number of hydrogen-bond acceptors (Lipinski definition) is 4. The van der Waals surface area contributed by atoms with Gasteiger partial charge in [-0.3, -0.25) is 4.79 Å². The van der Waals surface area contributed by atoms with Crippen LogP contribution in [0.25, 0.3) is 0 Å². The summed E-state index contributed by atoms with van der Waals surface area (Å²) in [6, 6.07) is 0.106. The topological polar surface area (TPSA) is 72.4 Å². The van der Waals surface area contributed by atoms with Crippen LogP contribution in [0, 0.1) is 13.8 Å². The molecule has 0 aromatic carbocycles. The summed E-state index contributed by atoms with van der Waals surface area (Å²) in [4.78, 5) is 13.8. The van der Waals surface area contributed by atoms with E-state index in [-0.39, 0.29) is 11.9 Å². The number of hydrogen-bond donors (Lipinski definition) is 1. The summed E-state index contributed by atoms with van der Waals surface area (Å²) in [6.45, 7) is 4.88. The molecule has 15 heavy (non-hydrogen) atoms. The van der Waals surface area contributed by atoms with Crippen molar-refractivity contribution in [3.63, 3.8) is 0 Å². The fraction of sp³-hybridized carbons (Fsp3) is 0.600. The summed E-state index contributed by atoms with van der Waals surface area (Å²) in [6.07, 6.45) is 0.870. The molecule has 2 heterocycles. The molecular weight excluding hydrogens is 194 g/mol. The van der Waals surface area contributed by atoms with E-state index in [1.807, 2.05) is 0 Å². The summed E-state index contributed by atoms with van der Waals surface area (Å²) in [7, 11) is 0. The molecule has 0 radical (unpaired) electrons. The minimum Gasteiger partial charge on any atom is -0.361 e. The van der Waals surface area contributed by atoms with Crippen molar-refractivity contribution in [2.75, 3.05) is 13.1 Å². The smallest absolute Gasteiger partial charge is 0.259 e. The van der Waals surface area contributed by atoms with Crippen molar-refractivity contribution in [2.24, 2.45) is 5.73 Å². The molecule has 5 heteroatoms. The second-order valence-corrected chi connectivity index (χ2v) is 4.00. The molecule has 0 unspecified atom stereocenters. The molecule has 0 spiro atoms. The van der Waals surface area contributed by atoms with Crippen molar-refractivity contribution < 1.29 is 9.32 Å². The van der Waals surface area contributed by atoms with Crippen LogP contribution in [0.4, 0.5) is 0 Å². The highest BCUT2D eigenvalue weighted by molar-refractivity contribution is 5.96. The molecule has 2 N–H and O–H groups in total. The molecule has 0 bridgehead atoms. The molecule has 1 aromatic rings. The molecule has 1 aromatic heterocycles. The average Bonchev–Trinajstić information content (AvgIpc) is 2.73. The van der Waals surface area contributed by atoms with E-state index in [1.54, 1.807) is 18.7 Å². The number of nitrogens with zero attached hydrogens (tertiary/aromatic N) is 2. The molecule has 0 saturated carbocycles. The Hall–Kier alpha value is -1.36. The van der Waals surface area contributed by atoms with E-state index in [2.05, 4.69) is 5.16 Å². The van der Waals surface area contributed by atoms with Gasteiger partial charge < -0.3 is 15.2 Å². The highest BCUT2D eigenvalue weighted by Crippen LogP contribution is 2.18. The predicted molar refractivity (Wildman–Crippen MR) is 54.5 cm³/mol. The van der Waals surface area contributed by atoms with Gasteiger partial charge in [-0.1, -0.05) is 5.16 Å². The van der Waals surface area contributed by atoms with Gasteiger partial charge in [-0.25, -0.2) is 0 Å². The summed E-state index contributed by atoms with van der Waals surface area (Å²) in [5.41, 5.74) is 7.00. The molecule has 0 aliphatic carbocycles. The van der Waals surface area contributed by atoms with E-state index in [9.17, 15) is 4.79 Å². The highest BCUT2D eigenvalue weighted by Gasteiger charge is 2.28. The Morgan fingerprint density at radius 3 is 2.80 bits per heavy atom. The lowest BCUT2D eigenvalue weighted by molar-refractivity contribution is 0.0788. The zero-order valence-electron chi connectivity index (χ0n) is 8.99. The number of carbonyl (C=O) groups excluding carboxylic acids is 1. The van der Waals surface area contributed by atoms with Gasteiger partial charge in [0.15, 0.2) is 0 Å². The Bertz CT molecular complexity index is 367. The van der Waals surface area contributed by atoms with Gasteiger partial charge in [0.1, 0.15) is 11.3 Å². The number of carbonyl (C=O) groups is 1. The van der Waals surface area contributed by atoms with Crippen LogP contribution in [-0.2, 0) is 0 Å². The number of likely N-dealkylation sites (tertiary alicyclic amines) is 1. The molecule has 1 aliphatic rings. The lowest BCUT2D eigenvalue weighted by atomic mass is 10.2. The average molecular weight is 209 g/mol. The van der Waals surface area contributed by atoms with Crippen LogP contribution in [0.2, 0.25) is 0 Å². The first-order valence-electron chi connectivity index (χ1n) is 5.07. The maximum absolute atomic E-state index is 12.1. The van der Waals surface area contributed by atoms with Crippen LogP contribution >= 0.6 is 0 Å². The van der Waals surface area contributed by atoms with Crippen molar-refractivity contribution in [3.05, 3.63) is 17.0 Å². The molecule has 1 aliphatic heterocycles. The van der Waals surface area contributed by atoms with Gasteiger partial charge in [0.25, 0.3) is 5.91 Å². The number of nitrogens with two attached hydrogens (primary N) is 1. The van der Waals surface area contributed by atoms with E-state index in [4.69, 9.17) is 10.3 Å². The molecule has 1 saturated heterocycles. The summed E-state index contributed by atoms with van der Waals surface area (Å²) >= 11 is 0. The third kappa shape index (κ3) is 1.74. The Morgan fingerprint density at radius 2 is 2.33 bits per heavy atom. The largest absolute Gasteiger partial charge is 0.361 e. The maximum atomic E-state index is 12.1. The van der Waals surface area contributed by atoms with Crippen molar-refractivity contribution in [2.45, 2.75) is 26.3 Å². The molecule has 1 atom stereocenters. The van der Waals surface area contributed by atoms with Gasteiger partial charge in [0, 0.05) is 19.1 Å². The molecule has 5 nitrogen and oxygen atoms in total. The molecule has 1 fully saturated rings. The van der Waals surface area contributed by atoms with Crippen LogP contribution in [0.5, 0.6) is 0 Å². The zero-order valence-corrected chi connectivity index (χ0v) is 8.99. The quantitative estimate of drug-likeness (QED) is 0.729. The Labute approximate surface area is 88.2 Å². The molecule has 82 valence electrons. The van der Waals surface area contributed by atoms with Crippen LogP contribution in [0.1, 0.15) is 28.2 Å². The van der Waals surface area contributed by atoms with E-state index >= 15 is 0 Å². The summed E-state index contributed by atoms with van der Waals surface area (Å²) in [5.74, 6) is 0.567. The first-order chi connectivity index (χ1) is 7.09. The number of aromatic nitrogens is 1. The van der Waals surface area contributed by atoms with E-state index < -0.39 is 0 Å². The van der Waals surface area contributed by atoms with Crippen LogP contribution < -0.4 is 5.73 Å². The fourth-order valence-corrected chi connectivity index (χ4v) is 1.92. The van der Waals surface area contributed by atoms with Gasteiger partial charge in [0.05, 0.1) is 5.69 Å². The lowest BCUT2D eigenvalue weighted by Crippen LogP contribution is -2.32. The van der Waals surface area contributed by atoms with Crippen molar-refractivity contribution in [1.82, 2.24) is 10.1 Å². The van der Waals surface area contributed by atoms with E-state index in [0.29, 0.717) is 23.6 Å². The van der Waals surface area contributed by atoms with Crippen molar-refractivity contribution >= 4 is 5.91 Å². The zero-order chi connectivity index (χ0) is 11.0. The lowest BCUT2D eigenvalue weighted by Gasteiger charge is -2.15.